The molecule has 2 N–H and O–H groups in total. The molecule has 9 heteroatoms. The zero-order valence-electron chi connectivity index (χ0n) is 22.5. The highest BCUT2D eigenvalue weighted by Gasteiger charge is 2.34. The summed E-state index contributed by atoms with van der Waals surface area (Å²) in [6.07, 6.45) is 0.0398. The van der Waals surface area contributed by atoms with Crippen molar-refractivity contribution in [3.05, 3.63) is 111 Å². The van der Waals surface area contributed by atoms with E-state index in [-0.39, 0.29) is 29.2 Å². The van der Waals surface area contributed by atoms with Gasteiger partial charge in [-0.05, 0) is 77.1 Å². The minimum Gasteiger partial charge on any atom is -0.496 e. The molecule has 41 heavy (non-hydrogen) atoms. The summed E-state index contributed by atoms with van der Waals surface area (Å²) in [5.41, 5.74) is 4.11. The lowest BCUT2D eigenvalue weighted by molar-refractivity contribution is -0.137. The van der Waals surface area contributed by atoms with Gasteiger partial charge in [-0.3, -0.25) is 14.6 Å². The van der Waals surface area contributed by atoms with Crippen LogP contribution in [0.1, 0.15) is 54.2 Å². The molecular formula is C32H27F3N2O4. The Hall–Kier alpha value is -4.76. The number of aromatic nitrogens is 1. The van der Waals surface area contributed by atoms with E-state index in [0.29, 0.717) is 23.1 Å². The van der Waals surface area contributed by atoms with Crippen LogP contribution in [0.4, 0.5) is 18.9 Å². The Morgan fingerprint density at radius 1 is 0.951 bits per heavy atom. The summed E-state index contributed by atoms with van der Waals surface area (Å²) in [4.78, 5) is 28.2. The molecule has 1 heterocycles. The predicted molar refractivity (Wildman–Crippen MR) is 152 cm³/mol. The maximum atomic E-state index is 13.8. The Bertz CT molecular complexity index is 1630. The van der Waals surface area contributed by atoms with Crippen molar-refractivity contribution >= 4 is 30.0 Å². The smallest absolute Gasteiger partial charge is 0.417 e. The minimum atomic E-state index is -4.67. The number of aliphatic hydroxyl groups is 1. The van der Waals surface area contributed by atoms with Crippen LogP contribution in [0.15, 0.2) is 66.9 Å². The van der Waals surface area contributed by atoms with Crippen molar-refractivity contribution < 1.29 is 32.6 Å². The lowest BCUT2D eigenvalue weighted by atomic mass is 9.92. The SMILES string of the molecule is COc1cc(/C=C/c2cccc(-c3cccc(NC(=O)c4ccc(CO)cn4)c3C)c2C)c(C(F)(F)F)cc1C=O. The minimum absolute atomic E-state index is 0.0483. The first-order valence-electron chi connectivity index (χ1n) is 12.6. The number of anilines is 1. The van der Waals surface area contributed by atoms with E-state index in [1.54, 1.807) is 36.4 Å². The lowest BCUT2D eigenvalue weighted by Crippen LogP contribution is -2.14. The molecule has 0 atom stereocenters. The van der Waals surface area contributed by atoms with Gasteiger partial charge in [-0.1, -0.05) is 48.6 Å². The highest BCUT2D eigenvalue weighted by molar-refractivity contribution is 6.03. The molecule has 3 aromatic carbocycles. The van der Waals surface area contributed by atoms with Crippen molar-refractivity contribution in [3.8, 4) is 16.9 Å². The van der Waals surface area contributed by atoms with Crippen LogP contribution in [0.25, 0.3) is 23.3 Å². The van der Waals surface area contributed by atoms with E-state index in [4.69, 9.17) is 4.74 Å². The third-order valence-corrected chi connectivity index (χ3v) is 6.76. The summed E-state index contributed by atoms with van der Waals surface area (Å²) in [7, 11) is 1.29. The molecule has 1 aromatic heterocycles. The predicted octanol–water partition coefficient (Wildman–Crippen LogP) is 7.12. The quantitative estimate of drug-likeness (QED) is 0.177. The molecular weight excluding hydrogens is 533 g/mol. The number of carbonyl (C=O) groups is 2. The number of amides is 1. The van der Waals surface area contributed by atoms with E-state index in [2.05, 4.69) is 10.3 Å². The van der Waals surface area contributed by atoms with Gasteiger partial charge in [0.2, 0.25) is 0 Å². The maximum Gasteiger partial charge on any atom is 0.417 e. The third kappa shape index (κ3) is 6.36. The van der Waals surface area contributed by atoms with Crippen LogP contribution in [-0.4, -0.2) is 29.4 Å². The van der Waals surface area contributed by atoms with Gasteiger partial charge in [0.1, 0.15) is 11.4 Å². The van der Waals surface area contributed by atoms with E-state index in [0.717, 1.165) is 28.3 Å². The van der Waals surface area contributed by atoms with Crippen molar-refractivity contribution in [2.75, 3.05) is 12.4 Å². The number of nitrogens with one attached hydrogen (secondary N) is 1. The maximum absolute atomic E-state index is 13.8. The monoisotopic (exact) mass is 560 g/mol. The molecule has 4 rings (SSSR count). The number of ether oxygens (including phenoxy) is 1. The first-order chi connectivity index (χ1) is 19.6. The van der Waals surface area contributed by atoms with Crippen LogP contribution >= 0.6 is 0 Å². The highest BCUT2D eigenvalue weighted by Crippen LogP contribution is 2.37. The van der Waals surface area contributed by atoms with Crippen molar-refractivity contribution in [2.45, 2.75) is 26.6 Å². The van der Waals surface area contributed by atoms with Gasteiger partial charge in [0, 0.05) is 11.9 Å². The number of hydrogen-bond acceptors (Lipinski definition) is 5. The molecule has 0 fully saturated rings. The Balaban J connectivity index is 1.68. The van der Waals surface area contributed by atoms with Crippen LogP contribution in [-0.2, 0) is 12.8 Å². The number of pyridine rings is 1. The standard InChI is InChI=1S/C32H27F3N2O4/c1-19-22(11-12-23-15-30(41-3)24(18-39)14-27(23)32(33,34)35)6-4-7-25(19)26-8-5-9-28(20(26)2)37-31(40)29-13-10-21(17-38)16-36-29/h4-16,18,38H,17H2,1-3H3,(H,37,40)/b12-11+. The van der Waals surface area contributed by atoms with Gasteiger partial charge < -0.3 is 15.2 Å². The fraction of sp³-hybridized carbons (Fsp3) is 0.156. The number of benzene rings is 3. The Labute approximate surface area is 235 Å². The average molecular weight is 561 g/mol. The van der Waals surface area contributed by atoms with Crippen LogP contribution in [0.5, 0.6) is 5.75 Å². The van der Waals surface area contributed by atoms with Gasteiger partial charge in [-0.25, -0.2) is 0 Å². The van der Waals surface area contributed by atoms with E-state index in [1.807, 2.05) is 26.0 Å². The van der Waals surface area contributed by atoms with Crippen LogP contribution in [0.3, 0.4) is 0 Å². The van der Waals surface area contributed by atoms with Gasteiger partial charge in [-0.15, -0.1) is 0 Å². The van der Waals surface area contributed by atoms with Crippen molar-refractivity contribution in [2.24, 2.45) is 0 Å². The number of halogens is 3. The summed E-state index contributed by atoms with van der Waals surface area (Å²) in [6, 6.07) is 16.1. The first kappa shape index (κ1) is 29.2. The van der Waals surface area contributed by atoms with Crippen LogP contribution in [0, 0.1) is 13.8 Å². The van der Waals surface area contributed by atoms with Gasteiger partial charge in [0.05, 0.1) is 24.8 Å². The topological polar surface area (TPSA) is 88.5 Å². The number of rotatable bonds is 8. The van der Waals surface area contributed by atoms with Gasteiger partial charge >= 0.3 is 6.18 Å². The number of methoxy groups -OCH3 is 1. The molecule has 1 amide bonds. The largest absolute Gasteiger partial charge is 0.496 e. The second-order valence-electron chi connectivity index (χ2n) is 9.29. The van der Waals surface area contributed by atoms with Crippen molar-refractivity contribution in [1.29, 1.82) is 0 Å². The third-order valence-electron chi connectivity index (χ3n) is 6.76. The van der Waals surface area contributed by atoms with Crippen LogP contribution < -0.4 is 10.1 Å². The van der Waals surface area contributed by atoms with Gasteiger partial charge in [0.15, 0.2) is 6.29 Å². The van der Waals surface area contributed by atoms with E-state index < -0.39 is 17.6 Å². The van der Waals surface area contributed by atoms with E-state index >= 15 is 0 Å². The average Bonchev–Trinajstić information content (AvgIpc) is 2.97. The van der Waals surface area contributed by atoms with E-state index in [9.17, 15) is 27.9 Å². The number of carbonyl (C=O) groups excluding carboxylic acids is 2. The summed E-state index contributed by atoms with van der Waals surface area (Å²) < 4.78 is 46.4. The second-order valence-corrected chi connectivity index (χ2v) is 9.29. The molecule has 0 aliphatic heterocycles. The Morgan fingerprint density at radius 2 is 1.63 bits per heavy atom. The molecule has 0 aliphatic rings. The number of aldehydes is 1. The lowest BCUT2D eigenvalue weighted by Gasteiger charge is -2.16. The fourth-order valence-corrected chi connectivity index (χ4v) is 4.47. The molecule has 0 saturated carbocycles. The normalized spacial score (nSPS) is 11.5. The van der Waals surface area contributed by atoms with Gasteiger partial charge in [-0.2, -0.15) is 13.2 Å². The highest BCUT2D eigenvalue weighted by atomic mass is 19.4. The molecule has 210 valence electrons. The molecule has 4 aromatic rings. The molecule has 0 radical (unpaired) electrons. The Kier molecular flexibility index (Phi) is 8.68. The zero-order valence-corrected chi connectivity index (χ0v) is 22.5. The number of nitrogens with zero attached hydrogens (tertiary/aromatic N) is 1. The summed E-state index contributed by atoms with van der Waals surface area (Å²) in [5, 5.41) is 12.1. The summed E-state index contributed by atoms with van der Waals surface area (Å²) >= 11 is 0. The molecule has 0 aliphatic carbocycles. The van der Waals surface area contributed by atoms with E-state index in [1.165, 1.54) is 31.5 Å². The number of hydrogen-bond donors (Lipinski definition) is 2. The van der Waals surface area contributed by atoms with Gasteiger partial charge in [0.25, 0.3) is 5.91 Å². The molecule has 0 spiro atoms. The molecule has 0 bridgehead atoms. The number of alkyl halides is 3. The van der Waals surface area contributed by atoms with Crippen molar-refractivity contribution in [1.82, 2.24) is 4.98 Å². The zero-order chi connectivity index (χ0) is 29.7. The number of aliphatic hydroxyl groups excluding tert-OH is 1. The van der Waals surface area contributed by atoms with Crippen LogP contribution in [0.2, 0.25) is 0 Å². The fourth-order valence-electron chi connectivity index (χ4n) is 4.47. The molecule has 6 nitrogen and oxygen atoms in total. The Morgan fingerprint density at radius 3 is 2.24 bits per heavy atom. The second kappa shape index (κ2) is 12.2. The van der Waals surface area contributed by atoms with Crippen molar-refractivity contribution in [3.63, 3.8) is 0 Å². The summed E-state index contributed by atoms with van der Waals surface area (Å²) in [6.45, 7) is 3.56. The first-order valence-corrected chi connectivity index (χ1v) is 12.6. The summed E-state index contributed by atoms with van der Waals surface area (Å²) in [5.74, 6) is -0.355. The molecule has 0 unspecified atom stereocenters. The molecule has 0 saturated heterocycles.